The normalized spacial score (nSPS) is 19.5. The molecule has 136 valence electrons. The van der Waals surface area contributed by atoms with Gasteiger partial charge < -0.3 is 14.7 Å². The summed E-state index contributed by atoms with van der Waals surface area (Å²) in [5, 5.41) is 9.58. The van der Waals surface area contributed by atoms with Crippen LogP contribution in [0.3, 0.4) is 0 Å². The van der Waals surface area contributed by atoms with Gasteiger partial charge in [-0.15, -0.1) is 0 Å². The Kier molecular flexibility index (Phi) is 5.68. The first-order chi connectivity index (χ1) is 12.6. The van der Waals surface area contributed by atoms with Gasteiger partial charge in [-0.2, -0.15) is 0 Å². The minimum Gasteiger partial charge on any atom is -0.481 e. The molecule has 2 aromatic carbocycles. The molecule has 0 bridgehead atoms. The maximum Gasteiger partial charge on any atom is 0.308 e. The van der Waals surface area contributed by atoms with Crippen molar-refractivity contribution in [2.45, 2.75) is 18.9 Å². The second-order valence-electron chi connectivity index (χ2n) is 6.69. The molecule has 1 amide bonds. The molecule has 1 fully saturated rings. The van der Waals surface area contributed by atoms with E-state index >= 15 is 0 Å². The first kappa shape index (κ1) is 18.1. The zero-order valence-electron chi connectivity index (χ0n) is 14.8. The molecule has 1 N–H and O–H groups in total. The van der Waals surface area contributed by atoms with Gasteiger partial charge in [-0.3, -0.25) is 9.59 Å². The standard InChI is InChI=1S/C21H23NO4/c1-26-14-16-7-5-6-15(10-16)11-20(23)22-12-18(19(13-22)21(24)25)17-8-3-2-4-9-17/h2-10,18-19H,11-14H2,1H3,(H,24,25). The monoisotopic (exact) mass is 353 g/mol. The van der Waals surface area contributed by atoms with Crippen molar-refractivity contribution in [1.29, 1.82) is 0 Å². The maximum atomic E-state index is 12.7. The fraction of sp³-hybridized carbons (Fsp3) is 0.333. The van der Waals surface area contributed by atoms with Crippen LogP contribution in [0.25, 0.3) is 0 Å². The Morgan fingerprint density at radius 1 is 1.08 bits per heavy atom. The van der Waals surface area contributed by atoms with Gasteiger partial charge in [-0.05, 0) is 16.7 Å². The summed E-state index contributed by atoms with van der Waals surface area (Å²) in [5.41, 5.74) is 2.90. The van der Waals surface area contributed by atoms with Crippen molar-refractivity contribution in [3.05, 3.63) is 71.3 Å². The molecule has 2 unspecified atom stereocenters. The van der Waals surface area contributed by atoms with Crippen LogP contribution in [0.15, 0.2) is 54.6 Å². The predicted octanol–water partition coefficient (Wildman–Crippen LogP) is 2.70. The zero-order valence-corrected chi connectivity index (χ0v) is 14.8. The van der Waals surface area contributed by atoms with E-state index in [4.69, 9.17) is 4.74 Å². The van der Waals surface area contributed by atoms with Gasteiger partial charge in [0.05, 0.1) is 18.9 Å². The van der Waals surface area contributed by atoms with Crippen LogP contribution in [0, 0.1) is 5.92 Å². The van der Waals surface area contributed by atoms with Crippen LogP contribution in [-0.2, 0) is 27.4 Å². The smallest absolute Gasteiger partial charge is 0.308 e. The number of methoxy groups -OCH3 is 1. The van der Waals surface area contributed by atoms with Gasteiger partial charge >= 0.3 is 5.97 Å². The molecular formula is C21H23NO4. The highest BCUT2D eigenvalue weighted by Crippen LogP contribution is 2.33. The van der Waals surface area contributed by atoms with Crippen molar-refractivity contribution >= 4 is 11.9 Å². The van der Waals surface area contributed by atoms with E-state index in [0.29, 0.717) is 13.2 Å². The quantitative estimate of drug-likeness (QED) is 0.867. The molecule has 1 heterocycles. The van der Waals surface area contributed by atoms with Gasteiger partial charge in [-0.25, -0.2) is 0 Å². The lowest BCUT2D eigenvalue weighted by Gasteiger charge is -2.17. The molecule has 2 aromatic rings. The average Bonchev–Trinajstić information content (AvgIpc) is 3.09. The Morgan fingerprint density at radius 3 is 2.50 bits per heavy atom. The summed E-state index contributed by atoms with van der Waals surface area (Å²) in [7, 11) is 1.64. The summed E-state index contributed by atoms with van der Waals surface area (Å²) in [6.07, 6.45) is 0.269. The van der Waals surface area contributed by atoms with Crippen molar-refractivity contribution in [2.24, 2.45) is 5.92 Å². The lowest BCUT2D eigenvalue weighted by atomic mass is 9.89. The van der Waals surface area contributed by atoms with Crippen LogP contribution < -0.4 is 0 Å². The fourth-order valence-electron chi connectivity index (χ4n) is 3.58. The number of amides is 1. The van der Waals surface area contributed by atoms with Crippen molar-refractivity contribution in [2.75, 3.05) is 20.2 Å². The number of nitrogens with zero attached hydrogens (tertiary/aromatic N) is 1. The number of carboxylic acids is 1. The third-order valence-electron chi connectivity index (χ3n) is 4.88. The predicted molar refractivity (Wildman–Crippen MR) is 97.7 cm³/mol. The Bertz CT molecular complexity index is 775. The SMILES string of the molecule is COCc1cccc(CC(=O)N2CC(C(=O)O)C(c3ccccc3)C2)c1. The van der Waals surface area contributed by atoms with Gasteiger partial charge in [0.15, 0.2) is 0 Å². The molecule has 0 aliphatic carbocycles. The van der Waals surface area contributed by atoms with Crippen molar-refractivity contribution in [1.82, 2.24) is 4.90 Å². The number of rotatable bonds is 6. The molecule has 0 spiro atoms. The number of ether oxygens (including phenoxy) is 1. The van der Waals surface area contributed by atoms with E-state index in [1.54, 1.807) is 12.0 Å². The largest absolute Gasteiger partial charge is 0.481 e. The molecule has 2 atom stereocenters. The van der Waals surface area contributed by atoms with Gasteiger partial charge in [-0.1, -0.05) is 54.6 Å². The molecule has 0 radical (unpaired) electrons. The van der Waals surface area contributed by atoms with Crippen molar-refractivity contribution < 1.29 is 19.4 Å². The summed E-state index contributed by atoms with van der Waals surface area (Å²) in [6.45, 7) is 1.20. The highest BCUT2D eigenvalue weighted by Gasteiger charge is 2.40. The molecule has 5 nitrogen and oxygen atoms in total. The highest BCUT2D eigenvalue weighted by atomic mass is 16.5. The van der Waals surface area contributed by atoms with Gasteiger partial charge in [0, 0.05) is 26.1 Å². The topological polar surface area (TPSA) is 66.8 Å². The maximum absolute atomic E-state index is 12.7. The molecule has 0 saturated carbocycles. The van der Waals surface area contributed by atoms with E-state index in [1.165, 1.54) is 0 Å². The van der Waals surface area contributed by atoms with Crippen molar-refractivity contribution in [3.8, 4) is 0 Å². The summed E-state index contributed by atoms with van der Waals surface area (Å²) >= 11 is 0. The van der Waals surface area contributed by atoms with Crippen LogP contribution in [0.4, 0.5) is 0 Å². The van der Waals surface area contributed by atoms with E-state index < -0.39 is 11.9 Å². The summed E-state index contributed by atoms with van der Waals surface area (Å²) in [6, 6.07) is 17.3. The molecule has 1 aliphatic heterocycles. The Balaban J connectivity index is 1.72. The van der Waals surface area contributed by atoms with Crippen LogP contribution in [-0.4, -0.2) is 42.1 Å². The number of benzene rings is 2. The Labute approximate surface area is 153 Å². The number of carbonyl (C=O) groups excluding carboxylic acids is 1. The molecular weight excluding hydrogens is 330 g/mol. The fourth-order valence-corrected chi connectivity index (χ4v) is 3.58. The van der Waals surface area contributed by atoms with Crippen LogP contribution >= 0.6 is 0 Å². The molecule has 3 rings (SSSR count). The molecule has 1 aliphatic rings. The first-order valence-corrected chi connectivity index (χ1v) is 8.70. The number of carbonyl (C=O) groups is 2. The minimum absolute atomic E-state index is 0.0377. The van der Waals surface area contributed by atoms with E-state index in [-0.39, 0.29) is 24.8 Å². The number of hydrogen-bond acceptors (Lipinski definition) is 3. The summed E-state index contributed by atoms with van der Waals surface area (Å²) in [5.74, 6) is -1.63. The van der Waals surface area contributed by atoms with E-state index in [9.17, 15) is 14.7 Å². The van der Waals surface area contributed by atoms with E-state index in [0.717, 1.165) is 16.7 Å². The summed E-state index contributed by atoms with van der Waals surface area (Å²) in [4.78, 5) is 26.1. The van der Waals surface area contributed by atoms with Crippen molar-refractivity contribution in [3.63, 3.8) is 0 Å². The second kappa shape index (κ2) is 8.15. The molecule has 0 aromatic heterocycles. The highest BCUT2D eigenvalue weighted by molar-refractivity contribution is 5.81. The lowest BCUT2D eigenvalue weighted by molar-refractivity contribution is -0.141. The number of aliphatic carboxylic acids is 1. The third-order valence-corrected chi connectivity index (χ3v) is 4.88. The second-order valence-corrected chi connectivity index (χ2v) is 6.69. The number of carboxylic acid groups (broad SMARTS) is 1. The number of likely N-dealkylation sites (tertiary alicyclic amines) is 1. The van der Waals surface area contributed by atoms with Crippen LogP contribution in [0.1, 0.15) is 22.6 Å². The Hall–Kier alpha value is -2.66. The number of hydrogen-bond donors (Lipinski definition) is 1. The molecule has 1 saturated heterocycles. The zero-order chi connectivity index (χ0) is 18.5. The lowest BCUT2D eigenvalue weighted by Crippen LogP contribution is -2.31. The minimum atomic E-state index is -0.851. The van der Waals surface area contributed by atoms with Crippen LogP contribution in [0.2, 0.25) is 0 Å². The Morgan fingerprint density at radius 2 is 1.81 bits per heavy atom. The molecule has 5 heteroatoms. The van der Waals surface area contributed by atoms with E-state index in [1.807, 2.05) is 54.6 Å². The first-order valence-electron chi connectivity index (χ1n) is 8.70. The van der Waals surface area contributed by atoms with Gasteiger partial charge in [0.1, 0.15) is 0 Å². The molecule has 26 heavy (non-hydrogen) atoms. The average molecular weight is 353 g/mol. The van der Waals surface area contributed by atoms with Gasteiger partial charge in [0.2, 0.25) is 5.91 Å². The third kappa shape index (κ3) is 4.11. The summed E-state index contributed by atoms with van der Waals surface area (Å²) < 4.78 is 5.13. The van der Waals surface area contributed by atoms with E-state index in [2.05, 4.69) is 0 Å². The van der Waals surface area contributed by atoms with Gasteiger partial charge in [0.25, 0.3) is 0 Å². The van der Waals surface area contributed by atoms with Crippen LogP contribution in [0.5, 0.6) is 0 Å².